The van der Waals surface area contributed by atoms with Gasteiger partial charge in [-0.2, -0.15) is 4.31 Å². The fourth-order valence-electron chi connectivity index (χ4n) is 4.08. The second-order valence-corrected chi connectivity index (χ2v) is 10.3. The molecule has 158 valence electrons. The first kappa shape index (κ1) is 21.6. The van der Waals surface area contributed by atoms with Crippen molar-refractivity contribution in [1.29, 1.82) is 0 Å². The van der Waals surface area contributed by atoms with E-state index in [1.54, 1.807) is 28.6 Å². The molecule has 1 aliphatic heterocycles. The Hall–Kier alpha value is -2.12. The van der Waals surface area contributed by atoms with Crippen LogP contribution in [0.3, 0.4) is 0 Å². The Morgan fingerprint density at radius 2 is 1.69 bits per heavy atom. The van der Waals surface area contributed by atoms with Crippen LogP contribution >= 0.6 is 0 Å². The molecule has 2 heterocycles. The third-order valence-corrected chi connectivity index (χ3v) is 7.65. The number of carbonyl (C=O) groups is 1. The monoisotopic (exact) mass is 417 g/mol. The van der Waals surface area contributed by atoms with Crippen molar-refractivity contribution in [2.75, 3.05) is 18.4 Å². The molecular weight excluding hydrogens is 386 g/mol. The molecule has 6 nitrogen and oxygen atoms in total. The molecule has 0 unspecified atom stereocenters. The van der Waals surface area contributed by atoms with Crippen molar-refractivity contribution >= 4 is 21.6 Å². The minimum absolute atomic E-state index is 0.189. The van der Waals surface area contributed by atoms with Gasteiger partial charge in [0.2, 0.25) is 10.0 Å². The fraction of sp³-hybridized carbons (Fsp3) is 0.500. The highest BCUT2D eigenvalue weighted by Gasteiger charge is 2.28. The van der Waals surface area contributed by atoms with Crippen LogP contribution in [0.15, 0.2) is 35.2 Å². The number of nitrogens with zero attached hydrogens (tertiary/aromatic N) is 2. The van der Waals surface area contributed by atoms with E-state index < -0.39 is 10.0 Å². The normalized spacial score (nSPS) is 16.3. The Balaban J connectivity index is 1.74. The van der Waals surface area contributed by atoms with Crippen molar-refractivity contribution in [3.8, 4) is 0 Å². The molecule has 0 bridgehead atoms. The van der Waals surface area contributed by atoms with Gasteiger partial charge in [-0.3, -0.25) is 4.79 Å². The summed E-state index contributed by atoms with van der Waals surface area (Å²) in [5.41, 5.74) is 3.18. The number of rotatable bonds is 5. The van der Waals surface area contributed by atoms with E-state index in [2.05, 4.69) is 30.7 Å². The standard InChI is InChI=1S/C22H31N3O3S/c1-15(2)25-17(4)14-21(18(25)5)22(26)23-19-6-8-20(9-7-19)29(27,28)24-12-10-16(3)11-13-24/h6-9,14-16H,10-13H2,1-5H3,(H,23,26). The second kappa shape index (κ2) is 8.32. The van der Waals surface area contributed by atoms with E-state index in [-0.39, 0.29) is 16.8 Å². The van der Waals surface area contributed by atoms with E-state index in [1.807, 2.05) is 19.9 Å². The molecule has 7 heteroatoms. The maximum atomic E-state index is 12.8. The summed E-state index contributed by atoms with van der Waals surface area (Å²) >= 11 is 0. The Morgan fingerprint density at radius 3 is 2.21 bits per heavy atom. The van der Waals surface area contributed by atoms with Gasteiger partial charge in [-0.05, 0) is 76.8 Å². The summed E-state index contributed by atoms with van der Waals surface area (Å²) in [5.74, 6) is 0.377. The highest BCUT2D eigenvalue weighted by molar-refractivity contribution is 7.89. The maximum Gasteiger partial charge on any atom is 0.257 e. The lowest BCUT2D eigenvalue weighted by molar-refractivity contribution is 0.102. The summed E-state index contributed by atoms with van der Waals surface area (Å²) in [7, 11) is -3.48. The lowest BCUT2D eigenvalue weighted by Crippen LogP contribution is -2.37. The number of nitrogens with one attached hydrogen (secondary N) is 1. The van der Waals surface area contributed by atoms with Crippen LogP contribution in [0.5, 0.6) is 0 Å². The Kier molecular flexibility index (Phi) is 6.19. The van der Waals surface area contributed by atoms with Crippen LogP contribution in [-0.4, -0.2) is 36.3 Å². The van der Waals surface area contributed by atoms with Gasteiger partial charge < -0.3 is 9.88 Å². The van der Waals surface area contributed by atoms with Crippen LogP contribution in [0, 0.1) is 19.8 Å². The molecule has 0 aliphatic carbocycles. The van der Waals surface area contributed by atoms with Crippen LogP contribution in [-0.2, 0) is 10.0 Å². The smallest absolute Gasteiger partial charge is 0.257 e. The van der Waals surface area contributed by atoms with Crippen molar-refractivity contribution in [1.82, 2.24) is 8.87 Å². The molecule has 1 aliphatic rings. The van der Waals surface area contributed by atoms with Crippen LogP contribution < -0.4 is 5.32 Å². The Bertz CT molecular complexity index is 983. The molecular formula is C22H31N3O3S. The Labute approximate surface area is 174 Å². The zero-order valence-electron chi connectivity index (χ0n) is 17.9. The van der Waals surface area contributed by atoms with Gasteiger partial charge in [-0.15, -0.1) is 0 Å². The third-order valence-electron chi connectivity index (χ3n) is 5.74. The highest BCUT2D eigenvalue weighted by Crippen LogP contribution is 2.25. The molecule has 1 amide bonds. The summed E-state index contributed by atoms with van der Waals surface area (Å²) in [6.45, 7) is 11.4. The lowest BCUT2D eigenvalue weighted by Gasteiger charge is -2.29. The predicted molar refractivity (Wildman–Crippen MR) is 116 cm³/mol. The summed E-state index contributed by atoms with van der Waals surface area (Å²) in [6.07, 6.45) is 1.78. The van der Waals surface area contributed by atoms with E-state index >= 15 is 0 Å². The number of aromatic nitrogens is 1. The van der Waals surface area contributed by atoms with Crippen LogP contribution in [0.1, 0.15) is 61.4 Å². The average Bonchev–Trinajstić information content (AvgIpc) is 2.97. The number of benzene rings is 1. The molecule has 0 radical (unpaired) electrons. The molecule has 1 saturated heterocycles. The number of hydrogen-bond acceptors (Lipinski definition) is 3. The van der Waals surface area contributed by atoms with Crippen molar-refractivity contribution in [3.63, 3.8) is 0 Å². The number of sulfonamides is 1. The molecule has 3 rings (SSSR count). The van der Waals surface area contributed by atoms with E-state index in [9.17, 15) is 13.2 Å². The third kappa shape index (κ3) is 4.41. The number of aryl methyl sites for hydroxylation is 1. The van der Waals surface area contributed by atoms with E-state index in [0.717, 1.165) is 24.2 Å². The van der Waals surface area contributed by atoms with Gasteiger partial charge in [0, 0.05) is 36.2 Å². The Morgan fingerprint density at radius 1 is 1.10 bits per heavy atom. The highest BCUT2D eigenvalue weighted by atomic mass is 32.2. The number of amides is 1. The first-order chi connectivity index (χ1) is 13.6. The van der Waals surface area contributed by atoms with E-state index in [4.69, 9.17) is 0 Å². The number of carbonyl (C=O) groups excluding carboxylic acids is 1. The number of piperidine rings is 1. The molecule has 1 aromatic heterocycles. The predicted octanol–water partition coefficient (Wildman–Crippen LogP) is 4.36. The van der Waals surface area contributed by atoms with Gasteiger partial charge in [0.15, 0.2) is 0 Å². The molecule has 1 aromatic carbocycles. The van der Waals surface area contributed by atoms with Gasteiger partial charge in [-0.25, -0.2) is 8.42 Å². The van der Waals surface area contributed by atoms with Gasteiger partial charge >= 0.3 is 0 Å². The average molecular weight is 418 g/mol. The van der Waals surface area contributed by atoms with Gasteiger partial charge in [0.25, 0.3) is 5.91 Å². The van der Waals surface area contributed by atoms with Crippen molar-refractivity contribution in [2.45, 2.75) is 58.4 Å². The molecule has 0 saturated carbocycles. The molecule has 0 spiro atoms. The number of anilines is 1. The fourth-order valence-corrected chi connectivity index (χ4v) is 5.55. The van der Waals surface area contributed by atoms with Crippen LogP contribution in [0.25, 0.3) is 0 Å². The van der Waals surface area contributed by atoms with Crippen molar-refractivity contribution in [3.05, 3.63) is 47.3 Å². The van der Waals surface area contributed by atoms with Gasteiger partial charge in [0.1, 0.15) is 0 Å². The van der Waals surface area contributed by atoms with Crippen molar-refractivity contribution in [2.24, 2.45) is 5.92 Å². The summed E-state index contributed by atoms with van der Waals surface area (Å²) in [5, 5.41) is 2.88. The van der Waals surface area contributed by atoms with Gasteiger partial charge in [-0.1, -0.05) is 6.92 Å². The zero-order chi connectivity index (χ0) is 21.3. The summed E-state index contributed by atoms with van der Waals surface area (Å²) < 4.78 is 29.4. The van der Waals surface area contributed by atoms with Crippen molar-refractivity contribution < 1.29 is 13.2 Å². The number of hydrogen-bond donors (Lipinski definition) is 1. The summed E-state index contributed by atoms with van der Waals surface area (Å²) in [4.78, 5) is 13.0. The van der Waals surface area contributed by atoms with Crippen LogP contribution in [0.4, 0.5) is 5.69 Å². The SMILES string of the molecule is Cc1cc(C(=O)Nc2ccc(S(=O)(=O)N3CCC(C)CC3)cc2)c(C)n1C(C)C. The van der Waals surface area contributed by atoms with E-state index in [1.165, 1.54) is 0 Å². The quantitative estimate of drug-likeness (QED) is 0.786. The van der Waals surface area contributed by atoms with E-state index in [0.29, 0.717) is 30.3 Å². The second-order valence-electron chi connectivity index (χ2n) is 8.31. The zero-order valence-corrected chi connectivity index (χ0v) is 18.7. The molecule has 1 N–H and O–H groups in total. The topological polar surface area (TPSA) is 71.4 Å². The minimum Gasteiger partial charge on any atom is -0.346 e. The molecule has 2 aromatic rings. The largest absolute Gasteiger partial charge is 0.346 e. The lowest BCUT2D eigenvalue weighted by atomic mass is 10.0. The van der Waals surface area contributed by atoms with Crippen LogP contribution in [0.2, 0.25) is 0 Å². The van der Waals surface area contributed by atoms with Gasteiger partial charge in [0.05, 0.1) is 10.5 Å². The first-order valence-electron chi connectivity index (χ1n) is 10.2. The summed E-state index contributed by atoms with van der Waals surface area (Å²) in [6, 6.07) is 8.61. The first-order valence-corrected chi connectivity index (χ1v) is 11.6. The minimum atomic E-state index is -3.48. The maximum absolute atomic E-state index is 12.8. The molecule has 29 heavy (non-hydrogen) atoms. The molecule has 1 fully saturated rings. The molecule has 0 atom stereocenters.